The van der Waals surface area contributed by atoms with E-state index in [0.717, 1.165) is 12.1 Å². The summed E-state index contributed by atoms with van der Waals surface area (Å²) in [5, 5.41) is 14.9. The topological polar surface area (TPSA) is 80.4 Å². The zero-order valence-electron chi connectivity index (χ0n) is 11.8. The fraction of sp³-hybridized carbons (Fsp3) is 0.143. The summed E-state index contributed by atoms with van der Waals surface area (Å²) in [5.41, 5.74) is 1.43. The van der Waals surface area contributed by atoms with Crippen molar-refractivity contribution in [1.29, 1.82) is 0 Å². The van der Waals surface area contributed by atoms with Crippen LogP contribution < -0.4 is 5.43 Å². The number of hydrazone groups is 1. The zero-order chi connectivity index (χ0) is 17.0. The van der Waals surface area contributed by atoms with Gasteiger partial charge in [0.05, 0.1) is 21.9 Å². The van der Waals surface area contributed by atoms with Crippen LogP contribution in [0.25, 0.3) is 0 Å². The number of benzene rings is 1. The monoisotopic (exact) mass is 324 g/mol. The van der Waals surface area contributed by atoms with Crippen LogP contribution in [0.3, 0.4) is 0 Å². The minimum Gasteiger partial charge on any atom is -0.271 e. The van der Waals surface area contributed by atoms with Crippen molar-refractivity contribution in [3.05, 3.63) is 64.0 Å². The van der Waals surface area contributed by atoms with Crippen molar-refractivity contribution in [3.63, 3.8) is 0 Å². The number of aromatic nitrogens is 1. The molecule has 0 unspecified atom stereocenters. The minimum absolute atomic E-state index is 0.140. The average molecular weight is 324 g/mol. The second kappa shape index (κ2) is 6.42. The van der Waals surface area contributed by atoms with Crippen molar-refractivity contribution in [2.45, 2.75) is 13.1 Å². The number of hydrogen-bond acceptors (Lipinski definition) is 5. The highest BCUT2D eigenvalue weighted by molar-refractivity contribution is 5.97. The number of pyridine rings is 1. The molecule has 0 saturated carbocycles. The number of nitrogens with zero attached hydrogens (tertiary/aromatic N) is 3. The summed E-state index contributed by atoms with van der Waals surface area (Å²) < 4.78 is 37.9. The van der Waals surface area contributed by atoms with Gasteiger partial charge in [-0.1, -0.05) is 6.07 Å². The summed E-state index contributed by atoms with van der Waals surface area (Å²) in [7, 11) is 0. The van der Waals surface area contributed by atoms with Crippen LogP contribution >= 0.6 is 0 Å². The summed E-state index contributed by atoms with van der Waals surface area (Å²) in [6, 6.07) is 7.32. The van der Waals surface area contributed by atoms with Gasteiger partial charge in [0.25, 0.3) is 5.69 Å². The summed E-state index contributed by atoms with van der Waals surface area (Å²) in [5.74, 6) is 0. The smallest absolute Gasteiger partial charge is 0.271 e. The predicted molar refractivity (Wildman–Crippen MR) is 78.2 cm³/mol. The van der Waals surface area contributed by atoms with E-state index in [9.17, 15) is 23.3 Å². The van der Waals surface area contributed by atoms with Crippen molar-refractivity contribution < 1.29 is 18.1 Å². The van der Waals surface area contributed by atoms with Crippen LogP contribution in [0.15, 0.2) is 47.7 Å². The van der Waals surface area contributed by atoms with Gasteiger partial charge in [-0.05, 0) is 31.2 Å². The van der Waals surface area contributed by atoms with Crippen molar-refractivity contribution in [2.24, 2.45) is 5.10 Å². The molecule has 2 rings (SSSR count). The lowest BCUT2D eigenvalue weighted by molar-refractivity contribution is -0.384. The maximum Gasteiger partial charge on any atom is 0.416 e. The Morgan fingerprint density at radius 3 is 2.61 bits per heavy atom. The van der Waals surface area contributed by atoms with E-state index in [1.807, 2.05) is 0 Å². The Labute approximate surface area is 128 Å². The maximum atomic E-state index is 12.6. The third-order valence-corrected chi connectivity index (χ3v) is 2.90. The molecular formula is C14H11F3N4O2. The first kappa shape index (κ1) is 16.4. The summed E-state index contributed by atoms with van der Waals surface area (Å²) in [4.78, 5) is 14.1. The van der Waals surface area contributed by atoms with Gasteiger partial charge >= 0.3 is 6.18 Å². The third-order valence-electron chi connectivity index (χ3n) is 2.90. The lowest BCUT2D eigenvalue weighted by atomic mass is 10.1. The Bertz CT molecular complexity index is 745. The highest BCUT2D eigenvalue weighted by Gasteiger charge is 2.33. The van der Waals surface area contributed by atoms with Crippen LogP contribution in [0, 0.1) is 10.1 Å². The molecular weight excluding hydrogens is 313 g/mol. The van der Waals surface area contributed by atoms with Gasteiger partial charge in [0.1, 0.15) is 5.69 Å². The Morgan fingerprint density at radius 2 is 2.04 bits per heavy atom. The SMILES string of the molecule is C/C(=N\Nc1ccc(C(F)(F)F)cc1[N+](=O)[O-])c1ccccn1. The first-order chi connectivity index (χ1) is 10.8. The molecule has 1 aromatic carbocycles. The van der Waals surface area contributed by atoms with Crippen molar-refractivity contribution >= 4 is 17.1 Å². The van der Waals surface area contributed by atoms with Crippen LogP contribution in [0.1, 0.15) is 18.2 Å². The Morgan fingerprint density at radius 1 is 1.30 bits per heavy atom. The summed E-state index contributed by atoms with van der Waals surface area (Å²) in [6.45, 7) is 1.62. The number of halogens is 3. The maximum absolute atomic E-state index is 12.6. The Balaban J connectivity index is 2.31. The van der Waals surface area contributed by atoms with Gasteiger partial charge in [-0.25, -0.2) is 0 Å². The molecule has 6 nitrogen and oxygen atoms in total. The number of alkyl halides is 3. The fourth-order valence-corrected chi connectivity index (χ4v) is 1.73. The third kappa shape index (κ3) is 4.02. The van der Waals surface area contributed by atoms with E-state index in [0.29, 0.717) is 17.5 Å². The molecule has 120 valence electrons. The normalized spacial score (nSPS) is 12.1. The average Bonchev–Trinajstić information content (AvgIpc) is 2.52. The molecule has 9 heteroatoms. The molecule has 0 aliphatic heterocycles. The Hall–Kier alpha value is -2.97. The molecule has 1 N–H and O–H groups in total. The van der Waals surface area contributed by atoms with Crippen LogP contribution in [-0.4, -0.2) is 15.6 Å². The van der Waals surface area contributed by atoms with Gasteiger partial charge in [0, 0.05) is 12.3 Å². The highest BCUT2D eigenvalue weighted by atomic mass is 19.4. The minimum atomic E-state index is -4.66. The molecule has 0 bridgehead atoms. The van der Waals surface area contributed by atoms with E-state index >= 15 is 0 Å². The van der Waals surface area contributed by atoms with E-state index in [1.54, 1.807) is 31.3 Å². The van der Waals surface area contributed by atoms with Crippen LogP contribution in [0.4, 0.5) is 24.5 Å². The molecule has 23 heavy (non-hydrogen) atoms. The van der Waals surface area contributed by atoms with Gasteiger partial charge < -0.3 is 0 Å². The van der Waals surface area contributed by atoms with Gasteiger partial charge in [0.15, 0.2) is 0 Å². The van der Waals surface area contributed by atoms with E-state index in [-0.39, 0.29) is 5.69 Å². The standard InChI is InChI=1S/C14H11F3N4O2/c1-9(11-4-2-3-7-18-11)19-20-12-6-5-10(14(15,16)17)8-13(12)21(22)23/h2-8,20H,1H3/b19-9+. The van der Waals surface area contributed by atoms with Gasteiger partial charge in [-0.15, -0.1) is 0 Å². The molecule has 0 spiro atoms. The number of nitrogens with one attached hydrogen (secondary N) is 1. The number of hydrogen-bond donors (Lipinski definition) is 1. The van der Waals surface area contributed by atoms with Crippen molar-refractivity contribution in [3.8, 4) is 0 Å². The van der Waals surface area contributed by atoms with E-state index in [1.165, 1.54) is 0 Å². The van der Waals surface area contributed by atoms with Gasteiger partial charge in [-0.2, -0.15) is 18.3 Å². The molecule has 0 atom stereocenters. The molecule has 2 aromatic rings. The van der Waals surface area contributed by atoms with Gasteiger partial charge in [0.2, 0.25) is 0 Å². The predicted octanol–water partition coefficient (Wildman–Crippen LogP) is 3.84. The van der Waals surface area contributed by atoms with E-state index in [4.69, 9.17) is 0 Å². The molecule has 0 aliphatic carbocycles. The molecule has 0 aliphatic rings. The van der Waals surface area contributed by atoms with Gasteiger partial charge in [-0.3, -0.25) is 20.5 Å². The number of nitro benzene ring substituents is 1. The lowest BCUT2D eigenvalue weighted by Crippen LogP contribution is -2.07. The molecule has 0 fully saturated rings. The molecule has 0 saturated heterocycles. The second-order valence-electron chi connectivity index (χ2n) is 4.51. The largest absolute Gasteiger partial charge is 0.416 e. The molecule has 0 radical (unpaired) electrons. The number of nitro groups is 1. The van der Waals surface area contributed by atoms with Crippen molar-refractivity contribution in [2.75, 3.05) is 5.43 Å². The first-order valence-electron chi connectivity index (χ1n) is 6.36. The van der Waals surface area contributed by atoms with Crippen LogP contribution in [0.2, 0.25) is 0 Å². The lowest BCUT2D eigenvalue weighted by Gasteiger charge is -2.09. The Kier molecular flexibility index (Phi) is 4.58. The number of anilines is 1. The summed E-state index contributed by atoms with van der Waals surface area (Å²) >= 11 is 0. The van der Waals surface area contributed by atoms with E-state index < -0.39 is 22.4 Å². The van der Waals surface area contributed by atoms with Crippen molar-refractivity contribution in [1.82, 2.24) is 4.98 Å². The fourth-order valence-electron chi connectivity index (χ4n) is 1.73. The number of rotatable bonds is 4. The highest BCUT2D eigenvalue weighted by Crippen LogP contribution is 2.34. The molecule has 0 amide bonds. The van der Waals surface area contributed by atoms with Crippen LogP contribution in [-0.2, 0) is 6.18 Å². The molecule has 1 heterocycles. The van der Waals surface area contributed by atoms with Crippen LogP contribution in [0.5, 0.6) is 0 Å². The second-order valence-corrected chi connectivity index (χ2v) is 4.51. The molecule has 1 aromatic heterocycles. The first-order valence-corrected chi connectivity index (χ1v) is 6.36. The van der Waals surface area contributed by atoms with E-state index in [2.05, 4.69) is 15.5 Å². The quantitative estimate of drug-likeness (QED) is 0.526. The summed E-state index contributed by atoms with van der Waals surface area (Å²) in [6.07, 6.45) is -3.11. The zero-order valence-corrected chi connectivity index (χ0v) is 11.8.